The summed E-state index contributed by atoms with van der Waals surface area (Å²) in [4.78, 5) is 4.67. The SMILES string of the molecule is CCCCc1ccc2c(c1)c1cc(CCCC)ccc1n2-c1ccc(-c2nc3ccccc3o2)cc1. The van der Waals surface area contributed by atoms with Crippen LogP contribution in [0.3, 0.4) is 0 Å². The van der Waals surface area contributed by atoms with Crippen LogP contribution in [0, 0.1) is 0 Å². The molecular formula is C33H32N2O. The molecule has 0 saturated heterocycles. The molecule has 0 bridgehead atoms. The third kappa shape index (κ3) is 4.09. The molecule has 3 nitrogen and oxygen atoms in total. The van der Waals surface area contributed by atoms with Gasteiger partial charge in [0.05, 0.1) is 11.0 Å². The molecule has 0 aliphatic heterocycles. The highest BCUT2D eigenvalue weighted by Crippen LogP contribution is 2.35. The van der Waals surface area contributed by atoms with Gasteiger partial charge in [-0.05, 0) is 97.5 Å². The largest absolute Gasteiger partial charge is 0.436 e. The van der Waals surface area contributed by atoms with E-state index in [1.54, 1.807) is 0 Å². The van der Waals surface area contributed by atoms with Gasteiger partial charge in [0.2, 0.25) is 5.89 Å². The summed E-state index contributed by atoms with van der Waals surface area (Å²) >= 11 is 0. The van der Waals surface area contributed by atoms with Gasteiger partial charge in [-0.1, -0.05) is 51.0 Å². The number of para-hydroxylation sites is 2. The number of rotatable bonds is 8. The van der Waals surface area contributed by atoms with Gasteiger partial charge >= 0.3 is 0 Å². The fourth-order valence-corrected chi connectivity index (χ4v) is 5.22. The number of fused-ring (bicyclic) bond motifs is 4. The van der Waals surface area contributed by atoms with Gasteiger partial charge in [-0.2, -0.15) is 0 Å². The molecule has 0 aliphatic rings. The lowest BCUT2D eigenvalue weighted by atomic mass is 10.0. The first kappa shape index (κ1) is 22.6. The first-order chi connectivity index (χ1) is 17.7. The van der Waals surface area contributed by atoms with Crippen molar-refractivity contribution < 1.29 is 4.42 Å². The number of hydrogen-bond donors (Lipinski definition) is 0. The molecule has 4 aromatic carbocycles. The topological polar surface area (TPSA) is 31.0 Å². The summed E-state index contributed by atoms with van der Waals surface area (Å²) < 4.78 is 8.39. The molecule has 0 N–H and O–H groups in total. The van der Waals surface area contributed by atoms with E-state index in [0.717, 1.165) is 35.2 Å². The van der Waals surface area contributed by atoms with Gasteiger partial charge in [-0.25, -0.2) is 4.98 Å². The van der Waals surface area contributed by atoms with E-state index >= 15 is 0 Å². The summed E-state index contributed by atoms with van der Waals surface area (Å²) in [5, 5.41) is 2.69. The average Bonchev–Trinajstić information content (AvgIpc) is 3.50. The van der Waals surface area contributed by atoms with Crippen LogP contribution in [0.2, 0.25) is 0 Å². The van der Waals surface area contributed by atoms with Gasteiger partial charge in [0.25, 0.3) is 0 Å². The summed E-state index contributed by atoms with van der Waals surface area (Å²) in [6.45, 7) is 4.52. The van der Waals surface area contributed by atoms with E-state index in [9.17, 15) is 0 Å². The molecule has 0 aliphatic carbocycles. The molecule has 3 heteroatoms. The number of nitrogens with zero attached hydrogens (tertiary/aromatic N) is 2. The van der Waals surface area contributed by atoms with Crippen molar-refractivity contribution in [2.45, 2.75) is 52.4 Å². The minimum Gasteiger partial charge on any atom is -0.436 e. The van der Waals surface area contributed by atoms with Crippen molar-refractivity contribution in [2.75, 3.05) is 0 Å². The van der Waals surface area contributed by atoms with Gasteiger partial charge in [0.15, 0.2) is 5.58 Å². The fraction of sp³-hybridized carbons (Fsp3) is 0.242. The van der Waals surface area contributed by atoms with Crippen LogP contribution >= 0.6 is 0 Å². The molecule has 180 valence electrons. The van der Waals surface area contributed by atoms with Crippen LogP contribution in [0.5, 0.6) is 0 Å². The molecule has 0 unspecified atom stereocenters. The Morgan fingerprint density at radius 1 is 0.694 bits per heavy atom. The molecule has 0 spiro atoms. The van der Waals surface area contributed by atoms with E-state index < -0.39 is 0 Å². The first-order valence-corrected chi connectivity index (χ1v) is 13.3. The van der Waals surface area contributed by atoms with Gasteiger partial charge in [0.1, 0.15) is 5.52 Å². The molecule has 0 amide bonds. The molecule has 0 saturated carbocycles. The van der Waals surface area contributed by atoms with Crippen LogP contribution in [0.4, 0.5) is 0 Å². The summed E-state index contributed by atoms with van der Waals surface area (Å²) in [5.74, 6) is 0.658. The monoisotopic (exact) mass is 472 g/mol. The lowest BCUT2D eigenvalue weighted by Gasteiger charge is -2.09. The number of aromatic nitrogens is 2. The normalized spacial score (nSPS) is 11.7. The van der Waals surface area contributed by atoms with Gasteiger partial charge in [-0.3, -0.25) is 0 Å². The third-order valence-corrected chi connectivity index (χ3v) is 7.20. The van der Waals surface area contributed by atoms with Crippen LogP contribution in [-0.2, 0) is 12.8 Å². The van der Waals surface area contributed by atoms with Crippen LogP contribution in [-0.4, -0.2) is 9.55 Å². The first-order valence-electron chi connectivity index (χ1n) is 13.3. The second-order valence-electron chi connectivity index (χ2n) is 9.78. The number of unbranched alkanes of at least 4 members (excludes halogenated alkanes) is 2. The minimum atomic E-state index is 0.658. The molecule has 0 radical (unpaired) electrons. The zero-order valence-corrected chi connectivity index (χ0v) is 21.1. The van der Waals surface area contributed by atoms with E-state index in [1.807, 2.05) is 24.3 Å². The second-order valence-corrected chi connectivity index (χ2v) is 9.78. The van der Waals surface area contributed by atoms with Crippen molar-refractivity contribution in [3.8, 4) is 17.1 Å². The van der Waals surface area contributed by atoms with Crippen molar-refractivity contribution >= 4 is 32.9 Å². The van der Waals surface area contributed by atoms with E-state index in [4.69, 9.17) is 4.42 Å². The maximum atomic E-state index is 6.00. The quantitative estimate of drug-likeness (QED) is 0.221. The van der Waals surface area contributed by atoms with Crippen molar-refractivity contribution in [3.63, 3.8) is 0 Å². The maximum Gasteiger partial charge on any atom is 0.227 e. The zero-order valence-electron chi connectivity index (χ0n) is 21.1. The summed E-state index contributed by atoms with van der Waals surface area (Å²) in [7, 11) is 0. The summed E-state index contributed by atoms with van der Waals surface area (Å²) in [6, 6.07) is 30.5. The Balaban J connectivity index is 1.46. The molecule has 0 atom stereocenters. The van der Waals surface area contributed by atoms with Crippen LogP contribution < -0.4 is 0 Å². The maximum absolute atomic E-state index is 6.00. The Morgan fingerprint density at radius 3 is 1.89 bits per heavy atom. The lowest BCUT2D eigenvalue weighted by molar-refractivity contribution is 0.620. The van der Waals surface area contributed by atoms with Gasteiger partial charge in [-0.15, -0.1) is 0 Å². The predicted octanol–water partition coefficient (Wildman–Crippen LogP) is 9.28. The third-order valence-electron chi connectivity index (χ3n) is 7.20. The number of hydrogen-bond acceptors (Lipinski definition) is 2. The smallest absolute Gasteiger partial charge is 0.227 e. The van der Waals surface area contributed by atoms with Crippen molar-refractivity contribution in [2.24, 2.45) is 0 Å². The van der Waals surface area contributed by atoms with Crippen molar-refractivity contribution in [3.05, 3.63) is 96.1 Å². The van der Waals surface area contributed by atoms with Crippen LogP contribution in [0.25, 0.3) is 50.0 Å². The standard InChI is InChI=1S/C33H32N2O/c1-3-5-9-23-13-19-30-27(21-23)28-22-24(10-6-4-2)14-20-31(28)35(30)26-17-15-25(16-18-26)33-34-29-11-7-8-12-32(29)36-33/h7-8,11-22H,3-6,9-10H2,1-2H3. The zero-order chi connectivity index (χ0) is 24.5. The molecule has 6 aromatic rings. The van der Waals surface area contributed by atoms with Crippen LogP contribution in [0.1, 0.15) is 50.7 Å². The molecule has 2 heterocycles. The van der Waals surface area contributed by atoms with Gasteiger partial charge in [0, 0.05) is 22.0 Å². The Morgan fingerprint density at radius 2 is 1.31 bits per heavy atom. The van der Waals surface area contributed by atoms with Gasteiger partial charge < -0.3 is 8.98 Å². The Labute approximate surface area is 212 Å². The number of oxazole rings is 1. The molecule has 2 aromatic heterocycles. The minimum absolute atomic E-state index is 0.658. The summed E-state index contributed by atoms with van der Waals surface area (Å²) in [6.07, 6.45) is 7.15. The van der Waals surface area contributed by atoms with Crippen molar-refractivity contribution in [1.82, 2.24) is 9.55 Å². The highest BCUT2D eigenvalue weighted by Gasteiger charge is 2.15. The molecule has 0 fully saturated rings. The van der Waals surface area contributed by atoms with E-state index in [-0.39, 0.29) is 0 Å². The van der Waals surface area contributed by atoms with Crippen LogP contribution in [0.15, 0.2) is 89.3 Å². The average molecular weight is 473 g/mol. The van der Waals surface area contributed by atoms with Crippen molar-refractivity contribution in [1.29, 1.82) is 0 Å². The Kier molecular flexibility index (Phi) is 6.06. The Hall–Kier alpha value is -3.85. The molecular weight excluding hydrogens is 440 g/mol. The summed E-state index contributed by atoms with van der Waals surface area (Å²) in [5.41, 5.74) is 9.20. The predicted molar refractivity (Wildman–Crippen MR) is 151 cm³/mol. The number of benzene rings is 4. The highest BCUT2D eigenvalue weighted by atomic mass is 16.3. The Bertz CT molecular complexity index is 1550. The second kappa shape index (κ2) is 9.66. The highest BCUT2D eigenvalue weighted by molar-refractivity contribution is 6.09. The van der Waals surface area contributed by atoms with E-state index in [2.05, 4.69) is 84.1 Å². The van der Waals surface area contributed by atoms with E-state index in [0.29, 0.717) is 5.89 Å². The number of aryl methyl sites for hydroxylation is 2. The fourth-order valence-electron chi connectivity index (χ4n) is 5.22. The van der Waals surface area contributed by atoms with E-state index in [1.165, 1.54) is 58.6 Å². The lowest BCUT2D eigenvalue weighted by Crippen LogP contribution is -1.94. The molecule has 6 rings (SSSR count). The molecule has 36 heavy (non-hydrogen) atoms.